The van der Waals surface area contributed by atoms with E-state index in [1.165, 1.54) is 11.8 Å². The van der Waals surface area contributed by atoms with Gasteiger partial charge in [-0.1, -0.05) is 36.9 Å². The number of pyridine rings is 1. The van der Waals surface area contributed by atoms with Gasteiger partial charge in [-0.2, -0.15) is 0 Å². The minimum Gasteiger partial charge on any atom is -0.320 e. The molecule has 0 spiro atoms. The molecule has 2 aromatic heterocycles. The maximum absolute atomic E-state index is 12.6. The summed E-state index contributed by atoms with van der Waals surface area (Å²) in [4.78, 5) is 25.6. The van der Waals surface area contributed by atoms with E-state index >= 15 is 0 Å². The molecule has 0 fully saturated rings. The number of fused-ring (bicyclic) bond motifs is 1. The Labute approximate surface area is 138 Å². The summed E-state index contributed by atoms with van der Waals surface area (Å²) >= 11 is 1.46. The Hall–Kier alpha value is -2.47. The van der Waals surface area contributed by atoms with Gasteiger partial charge in [0.1, 0.15) is 0 Å². The Bertz CT molecular complexity index is 861. The molecule has 0 saturated carbocycles. The van der Waals surface area contributed by atoms with E-state index in [1.807, 2.05) is 43.5 Å². The van der Waals surface area contributed by atoms with Crippen LogP contribution in [-0.2, 0) is 6.42 Å². The molecule has 1 aromatic carbocycles. The van der Waals surface area contributed by atoms with E-state index in [-0.39, 0.29) is 5.91 Å². The molecule has 1 N–H and O–H groups in total. The third-order valence-corrected chi connectivity index (χ3v) is 4.05. The van der Waals surface area contributed by atoms with Crippen LogP contribution in [0.4, 0.5) is 5.69 Å². The van der Waals surface area contributed by atoms with Crippen molar-refractivity contribution in [2.45, 2.75) is 18.5 Å². The number of nitrogens with one attached hydrogen (secondary N) is 1. The Balaban J connectivity index is 1.95. The zero-order valence-electron chi connectivity index (χ0n) is 12.9. The lowest BCUT2D eigenvalue weighted by atomic mass is 10.1. The first kappa shape index (κ1) is 15.4. The molecule has 0 atom stereocenters. The van der Waals surface area contributed by atoms with Crippen molar-refractivity contribution in [2.24, 2.45) is 0 Å². The first-order chi connectivity index (χ1) is 11.2. The third-order valence-electron chi connectivity index (χ3n) is 3.49. The molecule has 116 valence electrons. The first-order valence-electron chi connectivity index (χ1n) is 7.28. The fraction of sp³-hybridized carbons (Fsp3) is 0.176. The zero-order valence-corrected chi connectivity index (χ0v) is 13.7. The normalized spacial score (nSPS) is 10.7. The molecule has 0 aliphatic rings. The monoisotopic (exact) mass is 324 g/mol. The number of hydrogen-bond acceptors (Lipinski definition) is 5. The van der Waals surface area contributed by atoms with Crippen LogP contribution in [0.2, 0.25) is 0 Å². The van der Waals surface area contributed by atoms with E-state index in [9.17, 15) is 4.79 Å². The summed E-state index contributed by atoms with van der Waals surface area (Å²) in [7, 11) is 0. The number of thioether (sulfide) groups is 1. The molecule has 0 radical (unpaired) electrons. The van der Waals surface area contributed by atoms with Crippen molar-refractivity contribution in [1.29, 1.82) is 0 Å². The number of para-hydroxylation sites is 1. The topological polar surface area (TPSA) is 67.8 Å². The number of anilines is 1. The average Bonchev–Trinajstić information content (AvgIpc) is 2.61. The first-order valence-corrected chi connectivity index (χ1v) is 8.50. The lowest BCUT2D eigenvalue weighted by Crippen LogP contribution is -2.16. The van der Waals surface area contributed by atoms with Gasteiger partial charge >= 0.3 is 0 Å². The van der Waals surface area contributed by atoms with Crippen molar-refractivity contribution in [1.82, 2.24) is 15.0 Å². The Morgan fingerprint density at radius 1 is 1.22 bits per heavy atom. The van der Waals surface area contributed by atoms with E-state index in [0.29, 0.717) is 22.8 Å². The minimum absolute atomic E-state index is 0.215. The molecule has 0 aliphatic heterocycles. The molecule has 5 nitrogen and oxygen atoms in total. The van der Waals surface area contributed by atoms with Crippen LogP contribution >= 0.6 is 11.8 Å². The van der Waals surface area contributed by atoms with E-state index in [0.717, 1.165) is 16.6 Å². The summed E-state index contributed by atoms with van der Waals surface area (Å²) in [6.07, 6.45) is 5.89. The van der Waals surface area contributed by atoms with Gasteiger partial charge in [-0.15, -0.1) is 0 Å². The van der Waals surface area contributed by atoms with Gasteiger partial charge in [0.2, 0.25) is 0 Å². The summed E-state index contributed by atoms with van der Waals surface area (Å²) in [5.41, 5.74) is 2.69. The van der Waals surface area contributed by atoms with Crippen molar-refractivity contribution < 1.29 is 4.79 Å². The van der Waals surface area contributed by atoms with Crippen LogP contribution in [0.15, 0.2) is 47.9 Å². The summed E-state index contributed by atoms with van der Waals surface area (Å²) in [6, 6.07) is 9.54. The summed E-state index contributed by atoms with van der Waals surface area (Å²) in [5, 5.41) is 4.58. The molecular formula is C17H16N4OS. The molecule has 23 heavy (non-hydrogen) atoms. The quantitative estimate of drug-likeness (QED) is 0.587. The Morgan fingerprint density at radius 2 is 2.04 bits per heavy atom. The molecule has 1 amide bonds. The van der Waals surface area contributed by atoms with Gasteiger partial charge in [0, 0.05) is 17.8 Å². The number of hydrogen-bond donors (Lipinski definition) is 1. The lowest BCUT2D eigenvalue weighted by molar-refractivity contribution is 0.102. The smallest absolute Gasteiger partial charge is 0.259 e. The number of aromatic nitrogens is 3. The third kappa shape index (κ3) is 3.17. The Morgan fingerprint density at radius 3 is 2.83 bits per heavy atom. The Kier molecular flexibility index (Phi) is 4.52. The summed E-state index contributed by atoms with van der Waals surface area (Å²) < 4.78 is 0. The number of rotatable bonds is 4. The van der Waals surface area contributed by atoms with Crippen molar-refractivity contribution in [3.8, 4) is 0 Å². The zero-order chi connectivity index (χ0) is 16.2. The number of carbonyl (C=O) groups is 1. The standard InChI is InChI=1S/C17H16N4OS/c1-3-13-12(10-19-17(21-13)23-2)16(22)20-14-8-4-6-11-7-5-9-18-15(11)14/h4-10H,3H2,1-2H3,(H,20,22). The van der Waals surface area contributed by atoms with Crippen LogP contribution in [-0.4, -0.2) is 27.1 Å². The van der Waals surface area contributed by atoms with E-state index in [1.54, 1.807) is 12.4 Å². The molecule has 0 saturated heterocycles. The van der Waals surface area contributed by atoms with Crippen LogP contribution in [0.1, 0.15) is 23.0 Å². The fourth-order valence-electron chi connectivity index (χ4n) is 2.35. The molecular weight excluding hydrogens is 308 g/mol. The second kappa shape index (κ2) is 6.75. The second-order valence-corrected chi connectivity index (χ2v) is 5.68. The molecule has 3 aromatic rings. The van der Waals surface area contributed by atoms with Crippen molar-refractivity contribution in [2.75, 3.05) is 11.6 Å². The van der Waals surface area contributed by atoms with Crippen molar-refractivity contribution >= 4 is 34.3 Å². The molecule has 2 heterocycles. The predicted octanol–water partition coefficient (Wildman–Crippen LogP) is 3.56. The van der Waals surface area contributed by atoms with Crippen LogP contribution in [0.5, 0.6) is 0 Å². The van der Waals surface area contributed by atoms with Crippen molar-refractivity contribution in [3.63, 3.8) is 0 Å². The molecule has 0 bridgehead atoms. The number of aryl methyl sites for hydroxylation is 1. The van der Waals surface area contributed by atoms with Crippen LogP contribution in [0.25, 0.3) is 10.9 Å². The lowest BCUT2D eigenvalue weighted by Gasteiger charge is -2.10. The summed E-state index contributed by atoms with van der Waals surface area (Å²) in [5.74, 6) is -0.215. The highest BCUT2D eigenvalue weighted by Crippen LogP contribution is 2.22. The van der Waals surface area contributed by atoms with Gasteiger partial charge < -0.3 is 5.32 Å². The van der Waals surface area contributed by atoms with Gasteiger partial charge in [0.25, 0.3) is 5.91 Å². The van der Waals surface area contributed by atoms with Gasteiger partial charge in [-0.25, -0.2) is 9.97 Å². The second-order valence-electron chi connectivity index (χ2n) is 4.91. The predicted molar refractivity (Wildman–Crippen MR) is 92.9 cm³/mol. The van der Waals surface area contributed by atoms with E-state index in [2.05, 4.69) is 20.3 Å². The average molecular weight is 324 g/mol. The van der Waals surface area contributed by atoms with E-state index in [4.69, 9.17) is 0 Å². The van der Waals surface area contributed by atoms with E-state index < -0.39 is 0 Å². The number of amides is 1. The SMILES string of the molecule is CCc1nc(SC)ncc1C(=O)Nc1cccc2cccnc12. The fourth-order valence-corrected chi connectivity index (χ4v) is 2.71. The highest BCUT2D eigenvalue weighted by Gasteiger charge is 2.15. The van der Waals surface area contributed by atoms with Gasteiger partial charge in [-0.05, 0) is 24.8 Å². The highest BCUT2D eigenvalue weighted by atomic mass is 32.2. The number of benzene rings is 1. The molecule has 0 unspecified atom stereocenters. The van der Waals surface area contributed by atoms with Gasteiger partial charge in [0.05, 0.1) is 22.5 Å². The molecule has 3 rings (SSSR count). The van der Waals surface area contributed by atoms with Crippen LogP contribution < -0.4 is 5.32 Å². The van der Waals surface area contributed by atoms with Gasteiger partial charge in [-0.3, -0.25) is 9.78 Å². The van der Waals surface area contributed by atoms with Crippen LogP contribution in [0, 0.1) is 0 Å². The highest BCUT2D eigenvalue weighted by molar-refractivity contribution is 7.98. The van der Waals surface area contributed by atoms with Crippen LogP contribution in [0.3, 0.4) is 0 Å². The summed E-state index contributed by atoms with van der Waals surface area (Å²) in [6.45, 7) is 1.97. The molecule has 0 aliphatic carbocycles. The van der Waals surface area contributed by atoms with Gasteiger partial charge in [0.15, 0.2) is 5.16 Å². The molecule has 6 heteroatoms. The maximum Gasteiger partial charge on any atom is 0.259 e. The number of nitrogens with zero attached hydrogens (tertiary/aromatic N) is 3. The number of carbonyl (C=O) groups excluding carboxylic acids is 1. The maximum atomic E-state index is 12.6. The van der Waals surface area contributed by atoms with Crippen molar-refractivity contribution in [3.05, 3.63) is 54.0 Å². The minimum atomic E-state index is -0.215. The largest absolute Gasteiger partial charge is 0.320 e.